The molecule has 8 heteroatoms. The molecule has 0 atom stereocenters. The molecule has 0 spiro atoms. The minimum Gasteiger partial charge on any atom is -0.482 e. The van der Waals surface area contributed by atoms with Gasteiger partial charge in [-0.3, -0.25) is 9.59 Å². The molecule has 35 heavy (non-hydrogen) atoms. The van der Waals surface area contributed by atoms with Crippen LogP contribution in [-0.4, -0.2) is 49.5 Å². The summed E-state index contributed by atoms with van der Waals surface area (Å²) in [6.45, 7) is 2.50. The number of amides is 2. The Bertz CT molecular complexity index is 1310. The number of furan rings is 1. The number of rotatable bonds is 6. The molecule has 4 aromatic rings. The van der Waals surface area contributed by atoms with E-state index >= 15 is 0 Å². The summed E-state index contributed by atoms with van der Waals surface area (Å²) in [6.07, 6.45) is 0. The highest BCUT2D eigenvalue weighted by Crippen LogP contribution is 2.24. The second-order valence-electron chi connectivity index (χ2n) is 8.24. The van der Waals surface area contributed by atoms with Crippen molar-refractivity contribution in [1.29, 1.82) is 0 Å². The van der Waals surface area contributed by atoms with Gasteiger partial charge in [-0.2, -0.15) is 0 Å². The molecule has 1 fully saturated rings. The average Bonchev–Trinajstić information content (AvgIpc) is 3.33. The van der Waals surface area contributed by atoms with Crippen LogP contribution < -0.4 is 15.0 Å². The van der Waals surface area contributed by atoms with Crippen molar-refractivity contribution in [3.8, 4) is 5.75 Å². The van der Waals surface area contributed by atoms with E-state index in [9.17, 15) is 9.59 Å². The maximum Gasteiger partial charge on any atom is 0.289 e. The second kappa shape index (κ2) is 10.1. The first kappa shape index (κ1) is 22.8. The lowest BCUT2D eigenvalue weighted by atomic mass is 10.2. The zero-order valence-electron chi connectivity index (χ0n) is 18.9. The number of anilines is 2. The van der Waals surface area contributed by atoms with Crippen molar-refractivity contribution in [2.24, 2.45) is 0 Å². The molecule has 1 aliphatic heterocycles. The highest BCUT2D eigenvalue weighted by atomic mass is 35.5. The lowest BCUT2D eigenvalue weighted by Gasteiger charge is -2.35. The van der Waals surface area contributed by atoms with Crippen LogP contribution in [0.4, 0.5) is 11.4 Å². The topological polar surface area (TPSA) is 75.0 Å². The molecule has 2 amide bonds. The van der Waals surface area contributed by atoms with E-state index in [1.807, 2.05) is 53.4 Å². The fourth-order valence-corrected chi connectivity index (χ4v) is 4.26. The Kier molecular flexibility index (Phi) is 6.59. The molecule has 1 aliphatic rings. The van der Waals surface area contributed by atoms with Crippen molar-refractivity contribution < 1.29 is 18.7 Å². The predicted molar refractivity (Wildman–Crippen MR) is 136 cm³/mol. The standard InChI is InChI=1S/C27H24ClN3O4/c28-22-6-2-4-8-24(22)34-18-26(32)29-20-9-11-21(12-10-20)30-13-15-31(16-14-30)27(33)25-17-19-5-1-3-7-23(19)35-25/h1-12,17H,13-16,18H2,(H,29,32). The summed E-state index contributed by atoms with van der Waals surface area (Å²) in [7, 11) is 0. The maximum absolute atomic E-state index is 12.9. The zero-order valence-corrected chi connectivity index (χ0v) is 19.7. The van der Waals surface area contributed by atoms with Crippen LogP contribution in [0.25, 0.3) is 11.0 Å². The highest BCUT2D eigenvalue weighted by Gasteiger charge is 2.24. The number of halogens is 1. The van der Waals surface area contributed by atoms with Crippen LogP contribution in [0.3, 0.4) is 0 Å². The Labute approximate surface area is 207 Å². The first-order valence-electron chi connectivity index (χ1n) is 11.4. The molecular formula is C27H24ClN3O4. The number of para-hydroxylation sites is 2. The van der Waals surface area contributed by atoms with Gasteiger partial charge in [0.05, 0.1) is 5.02 Å². The SMILES string of the molecule is O=C(COc1ccccc1Cl)Nc1ccc(N2CCN(C(=O)c3cc4ccccc4o3)CC2)cc1. The van der Waals surface area contributed by atoms with E-state index < -0.39 is 0 Å². The van der Waals surface area contributed by atoms with Gasteiger partial charge in [0.1, 0.15) is 11.3 Å². The van der Waals surface area contributed by atoms with E-state index in [1.165, 1.54) is 0 Å². The molecule has 0 aliphatic carbocycles. The third-order valence-corrected chi connectivity index (χ3v) is 6.23. The van der Waals surface area contributed by atoms with Crippen molar-refractivity contribution in [2.45, 2.75) is 0 Å². The number of nitrogens with one attached hydrogen (secondary N) is 1. The molecule has 3 aromatic carbocycles. The van der Waals surface area contributed by atoms with Gasteiger partial charge >= 0.3 is 0 Å². The third kappa shape index (κ3) is 5.25. The Hall–Kier alpha value is -3.97. The minimum absolute atomic E-state index is 0.0853. The molecule has 2 heterocycles. The highest BCUT2D eigenvalue weighted by molar-refractivity contribution is 6.32. The third-order valence-electron chi connectivity index (χ3n) is 5.91. The molecule has 7 nitrogen and oxygen atoms in total. The lowest BCUT2D eigenvalue weighted by molar-refractivity contribution is -0.118. The monoisotopic (exact) mass is 489 g/mol. The Morgan fingerprint density at radius 2 is 1.63 bits per heavy atom. The van der Waals surface area contributed by atoms with Crippen LogP contribution in [-0.2, 0) is 4.79 Å². The zero-order chi connectivity index (χ0) is 24.2. The van der Waals surface area contributed by atoms with Gasteiger partial charge in [-0.1, -0.05) is 41.9 Å². The minimum atomic E-state index is -0.268. The van der Waals surface area contributed by atoms with E-state index in [0.29, 0.717) is 48.4 Å². The first-order chi connectivity index (χ1) is 17.1. The Morgan fingerprint density at radius 3 is 2.37 bits per heavy atom. The van der Waals surface area contributed by atoms with Gasteiger partial charge in [0, 0.05) is 42.9 Å². The van der Waals surface area contributed by atoms with E-state index in [0.717, 1.165) is 16.7 Å². The van der Waals surface area contributed by atoms with Gasteiger partial charge < -0.3 is 24.3 Å². The van der Waals surface area contributed by atoms with Crippen LogP contribution >= 0.6 is 11.6 Å². The number of fused-ring (bicyclic) bond motifs is 1. The van der Waals surface area contributed by atoms with Crippen molar-refractivity contribution >= 4 is 45.8 Å². The van der Waals surface area contributed by atoms with E-state index in [1.54, 1.807) is 30.3 Å². The number of hydrogen-bond acceptors (Lipinski definition) is 5. The predicted octanol–water partition coefficient (Wildman–Crippen LogP) is 5.07. The number of benzene rings is 3. The summed E-state index contributed by atoms with van der Waals surface area (Å²) in [5, 5.41) is 4.21. The quantitative estimate of drug-likeness (QED) is 0.409. The van der Waals surface area contributed by atoms with Gasteiger partial charge in [0.15, 0.2) is 12.4 Å². The normalized spacial score (nSPS) is 13.6. The molecule has 0 saturated carbocycles. The number of piperazine rings is 1. The van der Waals surface area contributed by atoms with Crippen molar-refractivity contribution in [3.63, 3.8) is 0 Å². The van der Waals surface area contributed by atoms with Crippen molar-refractivity contribution in [3.05, 3.63) is 89.6 Å². The van der Waals surface area contributed by atoms with Crippen LogP contribution in [0.2, 0.25) is 5.02 Å². The molecule has 0 radical (unpaired) electrons. The van der Waals surface area contributed by atoms with Gasteiger partial charge in [-0.05, 0) is 48.5 Å². The van der Waals surface area contributed by atoms with Crippen LogP contribution in [0.5, 0.6) is 5.75 Å². The summed E-state index contributed by atoms with van der Waals surface area (Å²) in [5.74, 6) is 0.490. The number of nitrogens with zero attached hydrogens (tertiary/aromatic N) is 2. The lowest BCUT2D eigenvalue weighted by Crippen LogP contribution is -2.48. The molecule has 1 aromatic heterocycles. The summed E-state index contributed by atoms with van der Waals surface area (Å²) in [5.41, 5.74) is 2.43. The second-order valence-corrected chi connectivity index (χ2v) is 8.65. The Balaban J connectivity index is 1.12. The largest absolute Gasteiger partial charge is 0.482 e. The average molecular weight is 490 g/mol. The maximum atomic E-state index is 12.9. The van der Waals surface area contributed by atoms with Crippen LogP contribution in [0, 0.1) is 0 Å². The Morgan fingerprint density at radius 1 is 0.914 bits per heavy atom. The summed E-state index contributed by atoms with van der Waals surface area (Å²) in [4.78, 5) is 29.1. The number of ether oxygens (including phenoxy) is 1. The van der Waals surface area contributed by atoms with E-state index in [4.69, 9.17) is 20.8 Å². The first-order valence-corrected chi connectivity index (χ1v) is 11.7. The number of carbonyl (C=O) groups is 2. The number of carbonyl (C=O) groups excluding carboxylic acids is 2. The summed E-state index contributed by atoms with van der Waals surface area (Å²) in [6, 6.07) is 24.1. The van der Waals surface area contributed by atoms with E-state index in [2.05, 4.69) is 10.2 Å². The van der Waals surface area contributed by atoms with Gasteiger partial charge in [0.2, 0.25) is 0 Å². The van der Waals surface area contributed by atoms with Gasteiger partial charge in [0.25, 0.3) is 11.8 Å². The summed E-state index contributed by atoms with van der Waals surface area (Å²) >= 11 is 6.05. The molecule has 0 bridgehead atoms. The van der Waals surface area contributed by atoms with Crippen molar-refractivity contribution in [1.82, 2.24) is 4.90 Å². The molecule has 1 saturated heterocycles. The smallest absolute Gasteiger partial charge is 0.289 e. The molecule has 5 rings (SSSR count). The van der Waals surface area contributed by atoms with Crippen LogP contribution in [0.15, 0.2) is 83.3 Å². The fraction of sp³-hybridized carbons (Fsp3) is 0.185. The molecule has 178 valence electrons. The van der Waals surface area contributed by atoms with E-state index in [-0.39, 0.29) is 18.4 Å². The summed E-state index contributed by atoms with van der Waals surface area (Å²) < 4.78 is 11.2. The van der Waals surface area contributed by atoms with Crippen LogP contribution in [0.1, 0.15) is 10.6 Å². The van der Waals surface area contributed by atoms with Gasteiger partial charge in [-0.25, -0.2) is 0 Å². The molecular weight excluding hydrogens is 466 g/mol. The van der Waals surface area contributed by atoms with Gasteiger partial charge in [-0.15, -0.1) is 0 Å². The number of hydrogen-bond donors (Lipinski definition) is 1. The fourth-order valence-electron chi connectivity index (χ4n) is 4.07. The molecule has 1 N–H and O–H groups in total. The molecule has 0 unspecified atom stereocenters. The van der Waals surface area contributed by atoms with Crippen molar-refractivity contribution in [2.75, 3.05) is 43.0 Å².